The topological polar surface area (TPSA) is 126 Å². The fraction of sp³-hybridized carbons (Fsp3) is 0.0556. The highest BCUT2D eigenvalue weighted by molar-refractivity contribution is 6.28. The molecule has 0 unspecified atom stereocenters. The summed E-state index contributed by atoms with van der Waals surface area (Å²) in [6.45, 7) is 1.67. The molecule has 27 heavy (non-hydrogen) atoms. The molecule has 0 aliphatic carbocycles. The molecule has 0 bridgehead atoms. The van der Waals surface area contributed by atoms with Crippen LogP contribution in [-0.4, -0.2) is 22.4 Å². The number of nitro groups is 1. The van der Waals surface area contributed by atoms with Gasteiger partial charge in [-0.2, -0.15) is 5.10 Å². The predicted octanol–water partition coefficient (Wildman–Crippen LogP) is 1.75. The Morgan fingerprint density at radius 3 is 2.41 bits per heavy atom. The van der Waals surface area contributed by atoms with Crippen molar-refractivity contribution in [3.05, 3.63) is 81.4 Å². The largest absolute Gasteiger partial charge is 0.297 e. The van der Waals surface area contributed by atoms with Gasteiger partial charge < -0.3 is 0 Å². The maximum absolute atomic E-state index is 12.4. The van der Waals surface area contributed by atoms with E-state index in [0.29, 0.717) is 22.5 Å². The monoisotopic (exact) mass is 365 g/mol. The molecule has 2 aromatic carbocycles. The Morgan fingerprint density at radius 2 is 1.78 bits per heavy atom. The van der Waals surface area contributed by atoms with Gasteiger partial charge in [-0.05, 0) is 13.0 Å². The van der Waals surface area contributed by atoms with E-state index >= 15 is 0 Å². The molecular weight excluding hydrogens is 350 g/mol. The van der Waals surface area contributed by atoms with Crippen LogP contribution in [0.15, 0.2) is 65.3 Å². The molecule has 0 atom stereocenters. The molecule has 0 aromatic heterocycles. The quantitative estimate of drug-likeness (QED) is 0.423. The molecule has 0 saturated heterocycles. The third kappa shape index (κ3) is 3.82. The number of nitrogens with zero attached hydrogens (tertiary/aromatic N) is 2. The van der Waals surface area contributed by atoms with Crippen molar-refractivity contribution in [2.24, 2.45) is 5.10 Å². The van der Waals surface area contributed by atoms with Gasteiger partial charge in [-0.1, -0.05) is 36.4 Å². The van der Waals surface area contributed by atoms with Crippen molar-refractivity contribution in [1.29, 1.82) is 0 Å². The predicted molar refractivity (Wildman–Crippen MR) is 98.3 cm³/mol. The molecule has 9 heteroatoms. The van der Waals surface area contributed by atoms with E-state index < -0.39 is 16.7 Å². The van der Waals surface area contributed by atoms with E-state index in [2.05, 4.69) is 21.4 Å². The third-order valence-corrected chi connectivity index (χ3v) is 3.85. The van der Waals surface area contributed by atoms with E-state index in [9.17, 15) is 19.7 Å². The van der Waals surface area contributed by atoms with Gasteiger partial charge in [-0.3, -0.25) is 30.6 Å². The molecule has 2 amide bonds. The number of amides is 2. The van der Waals surface area contributed by atoms with Crippen molar-refractivity contribution < 1.29 is 14.5 Å². The highest BCUT2D eigenvalue weighted by Crippen LogP contribution is 2.20. The second-order valence-electron chi connectivity index (χ2n) is 5.64. The van der Waals surface area contributed by atoms with Gasteiger partial charge >= 0.3 is 0 Å². The Kier molecular flexibility index (Phi) is 4.93. The molecular formula is C18H15N5O4. The maximum atomic E-state index is 12.4. The Hall–Kier alpha value is -4.01. The minimum Gasteiger partial charge on any atom is -0.297 e. The van der Waals surface area contributed by atoms with Crippen LogP contribution in [0.1, 0.15) is 22.8 Å². The van der Waals surface area contributed by atoms with Crippen LogP contribution in [0.25, 0.3) is 5.70 Å². The molecule has 0 saturated carbocycles. The number of carbonyl (C=O) groups excluding carboxylic acids is 2. The van der Waals surface area contributed by atoms with Crippen LogP contribution >= 0.6 is 0 Å². The summed E-state index contributed by atoms with van der Waals surface area (Å²) in [5.74, 6) is -0.982. The molecule has 1 heterocycles. The zero-order valence-electron chi connectivity index (χ0n) is 14.2. The summed E-state index contributed by atoms with van der Waals surface area (Å²) in [5.41, 5.74) is 9.31. The first kappa shape index (κ1) is 17.8. The molecule has 2 aromatic rings. The van der Waals surface area contributed by atoms with Gasteiger partial charge in [0.1, 0.15) is 0 Å². The van der Waals surface area contributed by atoms with E-state index in [4.69, 9.17) is 0 Å². The molecule has 3 rings (SSSR count). The van der Waals surface area contributed by atoms with Gasteiger partial charge in [-0.15, -0.1) is 0 Å². The van der Waals surface area contributed by atoms with E-state index in [1.807, 2.05) is 6.07 Å². The number of hydrazone groups is 1. The summed E-state index contributed by atoms with van der Waals surface area (Å²) in [4.78, 5) is 34.8. The summed E-state index contributed by atoms with van der Waals surface area (Å²) in [7, 11) is 0. The van der Waals surface area contributed by atoms with Gasteiger partial charge in [0.25, 0.3) is 17.5 Å². The minimum absolute atomic E-state index is 0.107. The summed E-state index contributed by atoms with van der Waals surface area (Å²) in [6, 6.07) is 14.3. The Balaban J connectivity index is 1.88. The van der Waals surface area contributed by atoms with Crippen molar-refractivity contribution in [3.8, 4) is 0 Å². The molecule has 1 aliphatic heterocycles. The smallest absolute Gasteiger partial charge is 0.275 e. The Bertz CT molecular complexity index is 982. The number of hydrogen-bond donors (Lipinski definition) is 3. The Labute approximate surface area is 153 Å². The Morgan fingerprint density at radius 1 is 1.07 bits per heavy atom. The summed E-state index contributed by atoms with van der Waals surface area (Å²) >= 11 is 0. The van der Waals surface area contributed by atoms with Crippen LogP contribution < -0.4 is 16.3 Å². The standard InChI is InChI=1S/C18H15N5O4/c1-11-15(18(25)22-19-11)16(12-6-3-2-4-7-12)20-21-17(24)13-8-5-9-14(10-13)23(26)27/h2-10,20H,1H3,(H,21,24)(H,22,25). The lowest BCUT2D eigenvalue weighted by molar-refractivity contribution is -0.384. The van der Waals surface area contributed by atoms with Crippen LogP contribution in [0, 0.1) is 10.1 Å². The number of benzene rings is 2. The lowest BCUT2D eigenvalue weighted by Crippen LogP contribution is -2.37. The number of nitro benzene ring substituents is 1. The van der Waals surface area contributed by atoms with Gasteiger partial charge in [0.15, 0.2) is 0 Å². The fourth-order valence-electron chi connectivity index (χ4n) is 2.54. The van der Waals surface area contributed by atoms with Gasteiger partial charge in [-0.25, -0.2) is 5.43 Å². The van der Waals surface area contributed by atoms with Gasteiger partial charge in [0.2, 0.25) is 0 Å². The lowest BCUT2D eigenvalue weighted by Gasteiger charge is -2.15. The second kappa shape index (κ2) is 7.48. The van der Waals surface area contributed by atoms with E-state index in [1.54, 1.807) is 31.2 Å². The zero-order valence-corrected chi connectivity index (χ0v) is 14.2. The van der Waals surface area contributed by atoms with Crippen molar-refractivity contribution in [2.45, 2.75) is 6.92 Å². The zero-order chi connectivity index (χ0) is 19.4. The maximum Gasteiger partial charge on any atom is 0.275 e. The molecule has 0 fully saturated rings. The fourth-order valence-corrected chi connectivity index (χ4v) is 2.54. The number of rotatable bonds is 5. The van der Waals surface area contributed by atoms with Crippen molar-refractivity contribution in [1.82, 2.24) is 16.3 Å². The summed E-state index contributed by atoms with van der Waals surface area (Å²) in [6.07, 6.45) is 0. The molecule has 9 nitrogen and oxygen atoms in total. The van der Waals surface area contributed by atoms with Crippen molar-refractivity contribution in [2.75, 3.05) is 0 Å². The van der Waals surface area contributed by atoms with Crippen molar-refractivity contribution >= 4 is 28.9 Å². The molecule has 0 spiro atoms. The average Bonchev–Trinajstić information content (AvgIpc) is 3.01. The van der Waals surface area contributed by atoms with E-state index in [1.165, 1.54) is 24.3 Å². The molecule has 3 N–H and O–H groups in total. The molecule has 136 valence electrons. The number of hydrogen-bond acceptors (Lipinski definition) is 6. The summed E-state index contributed by atoms with van der Waals surface area (Å²) < 4.78 is 0. The molecule has 0 radical (unpaired) electrons. The highest BCUT2D eigenvalue weighted by Gasteiger charge is 2.25. The average molecular weight is 365 g/mol. The van der Waals surface area contributed by atoms with E-state index in [-0.39, 0.29) is 11.3 Å². The third-order valence-electron chi connectivity index (χ3n) is 3.85. The van der Waals surface area contributed by atoms with Gasteiger partial charge in [0.05, 0.1) is 21.9 Å². The van der Waals surface area contributed by atoms with Crippen LogP contribution in [0.3, 0.4) is 0 Å². The van der Waals surface area contributed by atoms with Gasteiger partial charge in [0, 0.05) is 23.3 Å². The first-order valence-corrected chi connectivity index (χ1v) is 7.93. The first-order valence-electron chi connectivity index (χ1n) is 7.93. The van der Waals surface area contributed by atoms with Crippen molar-refractivity contribution in [3.63, 3.8) is 0 Å². The normalized spacial score (nSPS) is 14.9. The van der Waals surface area contributed by atoms with E-state index in [0.717, 1.165) is 0 Å². The van der Waals surface area contributed by atoms with Crippen LogP contribution in [0.5, 0.6) is 0 Å². The lowest BCUT2D eigenvalue weighted by atomic mass is 10.0. The second-order valence-corrected chi connectivity index (χ2v) is 5.64. The summed E-state index contributed by atoms with van der Waals surface area (Å²) in [5, 5.41) is 14.8. The number of hydrazine groups is 1. The van der Waals surface area contributed by atoms with Crippen LogP contribution in [-0.2, 0) is 4.79 Å². The highest BCUT2D eigenvalue weighted by atomic mass is 16.6. The first-order chi connectivity index (χ1) is 13.0. The SMILES string of the molecule is CC1=NNC(=O)C1=C(NNC(=O)c1cccc([N+](=O)[O-])c1)c1ccccc1. The van der Waals surface area contributed by atoms with Crippen LogP contribution in [0.4, 0.5) is 5.69 Å². The molecule has 1 aliphatic rings. The number of nitrogens with one attached hydrogen (secondary N) is 3. The van der Waals surface area contributed by atoms with Crippen LogP contribution in [0.2, 0.25) is 0 Å². The number of non-ortho nitro benzene ring substituents is 1. The minimum atomic E-state index is -0.583. The number of carbonyl (C=O) groups is 2.